The lowest BCUT2D eigenvalue weighted by atomic mass is 9.77. The van der Waals surface area contributed by atoms with Crippen LogP contribution in [0.3, 0.4) is 0 Å². The molecule has 0 aromatic heterocycles. The average Bonchev–Trinajstić information content (AvgIpc) is 2.92. The third kappa shape index (κ3) is 2.28. The van der Waals surface area contributed by atoms with E-state index in [9.17, 15) is 4.39 Å². The van der Waals surface area contributed by atoms with E-state index < -0.39 is 0 Å². The summed E-state index contributed by atoms with van der Waals surface area (Å²) in [5.41, 5.74) is 1.43. The minimum absolute atomic E-state index is 0.249. The van der Waals surface area contributed by atoms with Gasteiger partial charge in [0.15, 0.2) is 0 Å². The van der Waals surface area contributed by atoms with Crippen LogP contribution in [0.2, 0.25) is 5.02 Å². The van der Waals surface area contributed by atoms with Crippen LogP contribution in [0.25, 0.3) is 0 Å². The fourth-order valence-electron chi connectivity index (χ4n) is 3.80. The summed E-state index contributed by atoms with van der Waals surface area (Å²) in [5, 5.41) is 3.90. The standard InChI is InChI=1S/C15H19ClFN/c1-18-9-15(7-11-4-12(11)8-15)6-10-2-3-13(17)5-14(10)16/h2-3,5,11-12,18H,4,6-9H2,1H3. The summed E-state index contributed by atoms with van der Waals surface area (Å²) in [6.45, 7) is 1.04. The van der Waals surface area contributed by atoms with Gasteiger partial charge in [0.25, 0.3) is 0 Å². The third-order valence-corrected chi connectivity index (χ3v) is 4.94. The summed E-state index contributed by atoms with van der Waals surface area (Å²) in [5.74, 6) is 1.64. The Kier molecular flexibility index (Phi) is 3.11. The van der Waals surface area contributed by atoms with Gasteiger partial charge in [0.2, 0.25) is 0 Å². The van der Waals surface area contributed by atoms with Crippen LogP contribution < -0.4 is 5.32 Å². The monoisotopic (exact) mass is 267 g/mol. The van der Waals surface area contributed by atoms with Crippen molar-refractivity contribution in [2.24, 2.45) is 17.3 Å². The molecule has 2 aliphatic rings. The van der Waals surface area contributed by atoms with Gasteiger partial charge >= 0.3 is 0 Å². The van der Waals surface area contributed by atoms with Gasteiger partial charge in [-0.1, -0.05) is 17.7 Å². The number of benzene rings is 1. The number of fused-ring (bicyclic) bond motifs is 1. The van der Waals surface area contributed by atoms with Gasteiger partial charge in [0.05, 0.1) is 0 Å². The van der Waals surface area contributed by atoms with Crippen LogP contribution in [0.1, 0.15) is 24.8 Å². The van der Waals surface area contributed by atoms with Crippen molar-refractivity contribution >= 4 is 11.6 Å². The second-order valence-corrected chi connectivity index (χ2v) is 6.51. The number of halogens is 2. The summed E-state index contributed by atoms with van der Waals surface area (Å²) in [4.78, 5) is 0. The molecule has 2 saturated carbocycles. The summed E-state index contributed by atoms with van der Waals surface area (Å²) >= 11 is 6.16. The summed E-state index contributed by atoms with van der Waals surface area (Å²) < 4.78 is 13.1. The topological polar surface area (TPSA) is 12.0 Å². The van der Waals surface area contributed by atoms with Crippen molar-refractivity contribution in [2.45, 2.75) is 25.7 Å². The molecule has 1 aromatic carbocycles. The fraction of sp³-hybridized carbons (Fsp3) is 0.600. The van der Waals surface area contributed by atoms with Gasteiger partial charge < -0.3 is 5.32 Å². The molecule has 3 heteroatoms. The lowest BCUT2D eigenvalue weighted by Crippen LogP contribution is -2.33. The number of hydrogen-bond donors (Lipinski definition) is 1. The Bertz CT molecular complexity index is 450. The Balaban J connectivity index is 1.80. The quantitative estimate of drug-likeness (QED) is 0.878. The van der Waals surface area contributed by atoms with Crippen molar-refractivity contribution in [3.63, 3.8) is 0 Å². The maximum atomic E-state index is 13.1. The fourth-order valence-corrected chi connectivity index (χ4v) is 4.04. The SMILES string of the molecule is CNCC1(Cc2ccc(F)cc2Cl)CC2CC2C1. The zero-order chi connectivity index (χ0) is 12.8. The van der Waals surface area contributed by atoms with Crippen molar-refractivity contribution in [1.82, 2.24) is 5.32 Å². The molecule has 3 rings (SSSR count). The minimum atomic E-state index is -0.249. The van der Waals surface area contributed by atoms with Crippen molar-refractivity contribution in [2.75, 3.05) is 13.6 Å². The molecule has 1 N–H and O–H groups in total. The highest BCUT2D eigenvalue weighted by molar-refractivity contribution is 6.31. The van der Waals surface area contributed by atoms with Crippen LogP contribution in [0, 0.1) is 23.1 Å². The lowest BCUT2D eigenvalue weighted by Gasteiger charge is -2.31. The molecule has 18 heavy (non-hydrogen) atoms. The van der Waals surface area contributed by atoms with Gasteiger partial charge in [-0.2, -0.15) is 0 Å². The normalized spacial score (nSPS) is 33.5. The molecule has 1 aromatic rings. The predicted molar refractivity (Wildman–Crippen MR) is 72.3 cm³/mol. The molecule has 2 atom stereocenters. The Morgan fingerprint density at radius 1 is 1.39 bits per heavy atom. The van der Waals surface area contributed by atoms with E-state index in [4.69, 9.17) is 11.6 Å². The first-order valence-corrected chi connectivity index (χ1v) is 7.08. The molecule has 2 fully saturated rings. The average molecular weight is 268 g/mol. The number of nitrogens with one attached hydrogen (secondary N) is 1. The summed E-state index contributed by atoms with van der Waals surface area (Å²) in [7, 11) is 2.01. The van der Waals surface area contributed by atoms with Gasteiger partial charge in [-0.3, -0.25) is 0 Å². The van der Waals surface area contributed by atoms with Gasteiger partial charge in [-0.05, 0) is 67.7 Å². The molecular formula is C15H19ClFN. The van der Waals surface area contributed by atoms with E-state index in [2.05, 4.69) is 5.32 Å². The van der Waals surface area contributed by atoms with Crippen LogP contribution >= 0.6 is 11.6 Å². The van der Waals surface area contributed by atoms with E-state index in [0.29, 0.717) is 10.4 Å². The number of rotatable bonds is 4. The Hall–Kier alpha value is -0.600. The maximum absolute atomic E-state index is 13.1. The largest absolute Gasteiger partial charge is 0.319 e. The minimum Gasteiger partial charge on any atom is -0.319 e. The van der Waals surface area contributed by atoms with E-state index in [0.717, 1.165) is 30.4 Å². The summed E-state index contributed by atoms with van der Waals surface area (Å²) in [6, 6.07) is 4.79. The van der Waals surface area contributed by atoms with Crippen LogP contribution in [0.4, 0.5) is 4.39 Å². The molecule has 0 saturated heterocycles. The Labute approximate surface area is 113 Å². The third-order valence-electron chi connectivity index (χ3n) is 4.59. The molecule has 1 nitrogen and oxygen atoms in total. The molecule has 2 aliphatic carbocycles. The second-order valence-electron chi connectivity index (χ2n) is 6.11. The van der Waals surface area contributed by atoms with Crippen LogP contribution in [0.15, 0.2) is 18.2 Å². The van der Waals surface area contributed by atoms with Crippen LogP contribution in [-0.2, 0) is 6.42 Å². The highest BCUT2D eigenvalue weighted by Gasteiger charge is 2.53. The van der Waals surface area contributed by atoms with E-state index in [1.165, 1.54) is 31.4 Å². The molecule has 0 bridgehead atoms. The first kappa shape index (κ1) is 12.4. The second kappa shape index (κ2) is 4.50. The molecule has 0 spiro atoms. The van der Waals surface area contributed by atoms with E-state index >= 15 is 0 Å². The van der Waals surface area contributed by atoms with Crippen molar-refractivity contribution in [3.05, 3.63) is 34.6 Å². The summed E-state index contributed by atoms with van der Waals surface area (Å²) in [6.07, 6.45) is 4.99. The van der Waals surface area contributed by atoms with Crippen molar-refractivity contribution < 1.29 is 4.39 Å². The first-order chi connectivity index (χ1) is 8.62. The highest BCUT2D eigenvalue weighted by Crippen LogP contribution is 2.60. The Morgan fingerprint density at radius 3 is 2.72 bits per heavy atom. The molecule has 2 unspecified atom stereocenters. The number of hydrogen-bond acceptors (Lipinski definition) is 1. The Morgan fingerprint density at radius 2 is 2.11 bits per heavy atom. The molecule has 0 aliphatic heterocycles. The zero-order valence-corrected chi connectivity index (χ0v) is 11.4. The smallest absolute Gasteiger partial charge is 0.124 e. The molecule has 98 valence electrons. The van der Waals surface area contributed by atoms with Gasteiger partial charge in [0, 0.05) is 11.6 Å². The zero-order valence-electron chi connectivity index (χ0n) is 10.7. The molecule has 0 heterocycles. The van der Waals surface area contributed by atoms with E-state index in [1.54, 1.807) is 0 Å². The van der Waals surface area contributed by atoms with Crippen molar-refractivity contribution in [1.29, 1.82) is 0 Å². The first-order valence-electron chi connectivity index (χ1n) is 6.70. The predicted octanol–water partition coefficient (Wildman–Crippen LogP) is 3.66. The van der Waals surface area contributed by atoms with E-state index in [1.807, 2.05) is 13.1 Å². The maximum Gasteiger partial charge on any atom is 0.124 e. The molecular weight excluding hydrogens is 249 g/mol. The molecule has 0 amide bonds. The van der Waals surface area contributed by atoms with Gasteiger partial charge in [0.1, 0.15) is 5.82 Å². The van der Waals surface area contributed by atoms with Crippen LogP contribution in [0.5, 0.6) is 0 Å². The van der Waals surface area contributed by atoms with Gasteiger partial charge in [-0.25, -0.2) is 4.39 Å². The highest BCUT2D eigenvalue weighted by atomic mass is 35.5. The lowest BCUT2D eigenvalue weighted by molar-refractivity contribution is 0.255. The van der Waals surface area contributed by atoms with Crippen molar-refractivity contribution in [3.8, 4) is 0 Å². The molecule has 0 radical (unpaired) electrons. The van der Waals surface area contributed by atoms with Gasteiger partial charge in [-0.15, -0.1) is 0 Å². The van der Waals surface area contributed by atoms with Crippen LogP contribution in [-0.4, -0.2) is 13.6 Å². The van der Waals surface area contributed by atoms with E-state index in [-0.39, 0.29) is 5.82 Å².